The Morgan fingerprint density at radius 1 is 0.946 bits per heavy atom. The van der Waals surface area contributed by atoms with Gasteiger partial charge in [0.05, 0.1) is 0 Å². The van der Waals surface area contributed by atoms with Crippen LogP contribution in [0.25, 0.3) is 0 Å². The third kappa shape index (κ3) is 8.67. The van der Waals surface area contributed by atoms with Crippen molar-refractivity contribution in [1.29, 1.82) is 0 Å². The number of aryl methyl sites for hydroxylation is 2. The van der Waals surface area contributed by atoms with Crippen molar-refractivity contribution in [3.8, 4) is 0 Å². The van der Waals surface area contributed by atoms with Crippen molar-refractivity contribution in [3.63, 3.8) is 0 Å². The summed E-state index contributed by atoms with van der Waals surface area (Å²) >= 11 is 9.43. The molecule has 15 heteroatoms. The van der Waals surface area contributed by atoms with E-state index >= 15 is 0 Å². The van der Waals surface area contributed by atoms with Crippen LogP contribution in [0.15, 0.2) is 14.7 Å². The van der Waals surface area contributed by atoms with Gasteiger partial charge in [0, 0.05) is 47.4 Å². The maximum absolute atomic E-state index is 12.2. The fraction of sp³-hybridized carbons (Fsp3) is 0.591. The van der Waals surface area contributed by atoms with E-state index < -0.39 is 20.8 Å². The van der Waals surface area contributed by atoms with E-state index in [1.165, 1.54) is 0 Å². The van der Waals surface area contributed by atoms with Crippen LogP contribution in [0.3, 0.4) is 0 Å². The number of hydrogen-bond acceptors (Lipinski definition) is 7. The van der Waals surface area contributed by atoms with Crippen molar-refractivity contribution in [2.24, 2.45) is 5.16 Å². The van der Waals surface area contributed by atoms with Crippen LogP contribution < -0.4 is 11.1 Å². The molecule has 0 radical (unpaired) electrons. The van der Waals surface area contributed by atoms with Crippen LogP contribution in [0.5, 0.6) is 0 Å². The van der Waals surface area contributed by atoms with Crippen molar-refractivity contribution >= 4 is 56.8 Å². The Kier molecular flexibility index (Phi) is 13.9. The van der Waals surface area contributed by atoms with Gasteiger partial charge in [0.25, 0.3) is 11.1 Å². The van der Waals surface area contributed by atoms with Gasteiger partial charge in [-0.1, -0.05) is 5.16 Å². The molecule has 2 N–H and O–H groups in total. The van der Waals surface area contributed by atoms with E-state index in [2.05, 4.69) is 15.1 Å². The summed E-state index contributed by atoms with van der Waals surface area (Å²) in [6, 6.07) is 0. The number of aliphatic hydroxyl groups is 1. The van der Waals surface area contributed by atoms with Gasteiger partial charge in [-0.05, 0) is 52.4 Å². The quantitative estimate of drug-likeness (QED) is 0.217. The predicted octanol–water partition coefficient (Wildman–Crippen LogP) is 4.53. The van der Waals surface area contributed by atoms with E-state index in [-0.39, 0.29) is 11.1 Å². The molecule has 0 bridgehead atoms. The second-order valence-corrected chi connectivity index (χ2v) is 16.8. The standard InChI is InChI=1S/C11H14ClN3O2.C11H15ClN2O2.3ClH.Ti/c1-7-8(4-5-12)11(16)15-6-2-3-9(14-17)10(15)13-7;1-7-8(4-5-12)11(16)14-6-2-3-9(15)10(14)13-7;;;;/h17H,2-6H2,1H3;9,15H,2-6H2,1H3;3*1H;/q;;;;;+3/p-3/b14-9-;;;;;. The minimum absolute atomic E-state index is 0.0399. The Morgan fingerprint density at radius 3 is 2.00 bits per heavy atom. The first-order valence-corrected chi connectivity index (χ1v) is 19.1. The van der Waals surface area contributed by atoms with Crippen LogP contribution in [0.1, 0.15) is 66.0 Å². The van der Waals surface area contributed by atoms with E-state index in [9.17, 15) is 14.7 Å². The third-order valence-electron chi connectivity index (χ3n) is 5.99. The maximum atomic E-state index is 12.2. The van der Waals surface area contributed by atoms with Gasteiger partial charge in [-0.25, -0.2) is 9.97 Å². The number of aliphatic hydroxyl groups excluding tert-OH is 1. The van der Waals surface area contributed by atoms with Gasteiger partial charge in [-0.15, -0.1) is 23.2 Å². The Hall–Kier alpha value is -0.646. The molecule has 4 rings (SSSR count). The average Bonchev–Trinajstić information content (AvgIpc) is 2.85. The zero-order valence-corrected chi connectivity index (χ0v) is 25.8. The molecule has 2 aliphatic heterocycles. The van der Waals surface area contributed by atoms with E-state index in [1.54, 1.807) is 23.0 Å². The zero-order chi connectivity index (χ0) is 27.7. The first-order chi connectivity index (χ1) is 17.6. The normalized spacial score (nSPS) is 17.1. The molecule has 205 valence electrons. The topological polar surface area (TPSA) is 123 Å². The first-order valence-electron chi connectivity index (χ1n) is 11.6. The molecular weight excluding hydrogens is 623 g/mol. The van der Waals surface area contributed by atoms with Crippen LogP contribution in [-0.2, 0) is 40.6 Å². The molecule has 0 aromatic carbocycles. The molecule has 2 aromatic rings. The van der Waals surface area contributed by atoms with Gasteiger partial charge < -0.3 is 10.3 Å². The second-order valence-electron chi connectivity index (χ2n) is 8.35. The Bertz CT molecular complexity index is 1220. The van der Waals surface area contributed by atoms with Crippen LogP contribution in [-0.4, -0.2) is 46.9 Å². The monoisotopic (exact) mass is 650 g/mol. The second kappa shape index (κ2) is 15.8. The molecule has 1 unspecified atom stereocenters. The molecule has 0 saturated carbocycles. The molecule has 37 heavy (non-hydrogen) atoms. The summed E-state index contributed by atoms with van der Waals surface area (Å²) in [5.74, 6) is 1.81. The predicted molar refractivity (Wildman–Crippen MR) is 145 cm³/mol. The fourth-order valence-electron chi connectivity index (χ4n) is 4.27. The molecule has 9 nitrogen and oxygen atoms in total. The molecule has 0 fully saturated rings. The summed E-state index contributed by atoms with van der Waals surface area (Å²) in [7, 11) is 14.9. The zero-order valence-electron chi connectivity index (χ0n) is 20.5. The van der Waals surface area contributed by atoms with Crippen LogP contribution in [0, 0.1) is 13.8 Å². The molecule has 2 aliphatic rings. The number of aromatic nitrogens is 4. The van der Waals surface area contributed by atoms with Crippen molar-refractivity contribution in [3.05, 3.63) is 54.9 Å². The van der Waals surface area contributed by atoms with Gasteiger partial charge in [0.1, 0.15) is 17.6 Å². The van der Waals surface area contributed by atoms with Crippen LogP contribution >= 0.6 is 51.1 Å². The van der Waals surface area contributed by atoms with E-state index in [4.69, 9.17) is 56.3 Å². The van der Waals surface area contributed by atoms with Gasteiger partial charge in [-0.2, -0.15) is 0 Å². The SMILES string of the molecule is Cc1nc2n(c(=O)c1CCCl)CCC/C2=N/O.Cc1nc2n(c(=O)c1CCCl)CCCC2O.[Cl][Ti]([Cl])[Cl]. The van der Waals surface area contributed by atoms with Crippen molar-refractivity contribution < 1.29 is 25.0 Å². The van der Waals surface area contributed by atoms with E-state index in [0.29, 0.717) is 90.4 Å². The number of halogens is 5. The third-order valence-corrected chi connectivity index (χ3v) is 6.37. The van der Waals surface area contributed by atoms with Gasteiger partial charge in [0.2, 0.25) is 0 Å². The van der Waals surface area contributed by atoms with Gasteiger partial charge in [0.15, 0.2) is 5.82 Å². The number of fused-ring (bicyclic) bond motifs is 2. The molecule has 1 atom stereocenters. The molecule has 2 aromatic heterocycles. The summed E-state index contributed by atoms with van der Waals surface area (Å²) in [6.45, 7) is 4.85. The van der Waals surface area contributed by atoms with Crippen LogP contribution in [0.2, 0.25) is 0 Å². The Labute approximate surface area is 242 Å². The summed E-state index contributed by atoms with van der Waals surface area (Å²) in [6.07, 6.45) is 3.39. The first kappa shape index (κ1) is 32.6. The number of alkyl halides is 2. The molecule has 0 spiro atoms. The Balaban J connectivity index is 0.000000228. The molecule has 4 heterocycles. The summed E-state index contributed by atoms with van der Waals surface area (Å²) < 4.78 is 3.16. The van der Waals surface area contributed by atoms with Gasteiger partial charge >= 0.3 is 42.6 Å². The number of nitrogens with zero attached hydrogens (tertiary/aromatic N) is 5. The molecular formula is C22H29Cl5N5O4Ti. The van der Waals surface area contributed by atoms with E-state index in [0.717, 1.165) is 12.8 Å². The molecule has 0 aliphatic carbocycles. The Morgan fingerprint density at radius 2 is 1.46 bits per heavy atom. The summed E-state index contributed by atoms with van der Waals surface area (Å²) in [5, 5.41) is 21.9. The van der Waals surface area contributed by atoms with Crippen molar-refractivity contribution in [1.82, 2.24) is 19.1 Å². The van der Waals surface area contributed by atoms with E-state index in [1.807, 2.05) is 0 Å². The number of oxime groups is 1. The number of hydrogen-bond donors (Lipinski definition) is 2. The average molecular weight is 653 g/mol. The summed E-state index contributed by atoms with van der Waals surface area (Å²) in [5.41, 5.74) is 3.07. The summed E-state index contributed by atoms with van der Waals surface area (Å²) in [4.78, 5) is 33.0. The fourth-order valence-corrected chi connectivity index (χ4v) is 4.65. The number of rotatable bonds is 4. The van der Waals surface area contributed by atoms with Gasteiger partial charge in [-0.3, -0.25) is 18.7 Å². The van der Waals surface area contributed by atoms with Crippen molar-refractivity contribution in [2.45, 2.75) is 71.6 Å². The molecule has 0 amide bonds. The minimum atomic E-state index is -1.92. The van der Waals surface area contributed by atoms with Crippen LogP contribution in [0.4, 0.5) is 0 Å². The molecule has 0 saturated heterocycles. The van der Waals surface area contributed by atoms with Crippen molar-refractivity contribution in [2.75, 3.05) is 11.8 Å².